The van der Waals surface area contributed by atoms with Gasteiger partial charge in [0.25, 0.3) is 5.91 Å². The summed E-state index contributed by atoms with van der Waals surface area (Å²) in [5.41, 5.74) is 1.31. The van der Waals surface area contributed by atoms with Gasteiger partial charge in [0.2, 0.25) is 0 Å². The molecular weight excluding hydrogens is 447 g/mol. The number of fused-ring (bicyclic) bond motifs is 2. The first-order valence-electron chi connectivity index (χ1n) is 9.42. The molecule has 6 nitrogen and oxygen atoms in total. The average Bonchev–Trinajstić information content (AvgIpc) is 2.88. The van der Waals surface area contributed by atoms with E-state index in [0.29, 0.717) is 11.1 Å². The van der Waals surface area contributed by atoms with Crippen molar-refractivity contribution in [3.63, 3.8) is 0 Å². The first-order chi connectivity index (χ1) is 15.1. The zero-order valence-electron chi connectivity index (χ0n) is 16.6. The van der Waals surface area contributed by atoms with Gasteiger partial charge in [0.05, 0.1) is 21.9 Å². The van der Waals surface area contributed by atoms with E-state index in [-0.39, 0.29) is 33.4 Å². The summed E-state index contributed by atoms with van der Waals surface area (Å²) in [7, 11) is -3.41. The van der Waals surface area contributed by atoms with Gasteiger partial charge in [-0.2, -0.15) is 0 Å². The van der Waals surface area contributed by atoms with Crippen LogP contribution in [0.15, 0.2) is 65.6 Å². The molecule has 0 bridgehead atoms. The van der Waals surface area contributed by atoms with Gasteiger partial charge in [0, 0.05) is 6.07 Å². The molecule has 166 valence electrons. The van der Waals surface area contributed by atoms with Gasteiger partial charge in [-0.15, -0.1) is 13.2 Å². The van der Waals surface area contributed by atoms with Crippen molar-refractivity contribution in [2.24, 2.45) is 0 Å². The topological polar surface area (TPSA) is 81.7 Å². The molecule has 0 aromatic heterocycles. The monoisotopic (exact) mass is 463 g/mol. The zero-order valence-corrected chi connectivity index (χ0v) is 17.4. The Kier molecular flexibility index (Phi) is 5.33. The fourth-order valence-corrected chi connectivity index (χ4v) is 4.14. The van der Waals surface area contributed by atoms with Crippen LogP contribution in [0, 0.1) is 0 Å². The molecule has 0 saturated heterocycles. The molecule has 3 aromatic carbocycles. The standard InChI is InChI=1S/C22H16F3NO5S/c1-2-32(28,29)16-5-3-4-13(10-16)14-6-8-19-17(11-14)21(27)26-18-12-15(31-22(23,24)25)7-9-20(18)30-19/h3-12H,2H2,1H3,(H,26,27). The Bertz CT molecular complexity index is 1320. The fraction of sp³-hybridized carbons (Fsp3) is 0.136. The number of hydrogen-bond donors (Lipinski definition) is 1. The molecular formula is C22H16F3NO5S. The second-order valence-corrected chi connectivity index (χ2v) is 9.18. The number of amides is 1. The summed E-state index contributed by atoms with van der Waals surface area (Å²) in [5, 5.41) is 2.52. The first-order valence-corrected chi connectivity index (χ1v) is 11.1. The number of alkyl halides is 3. The Morgan fingerprint density at radius 1 is 0.969 bits per heavy atom. The quantitative estimate of drug-likeness (QED) is 0.560. The molecule has 0 fully saturated rings. The van der Waals surface area contributed by atoms with E-state index in [9.17, 15) is 26.4 Å². The number of anilines is 1. The number of rotatable bonds is 4. The first kappa shape index (κ1) is 21.7. The Labute approximate surface area is 181 Å². The molecule has 0 radical (unpaired) electrons. The second-order valence-electron chi connectivity index (χ2n) is 6.90. The van der Waals surface area contributed by atoms with Gasteiger partial charge in [-0.1, -0.05) is 25.1 Å². The van der Waals surface area contributed by atoms with Crippen LogP contribution in [0.4, 0.5) is 18.9 Å². The van der Waals surface area contributed by atoms with E-state index in [0.717, 1.165) is 12.1 Å². The van der Waals surface area contributed by atoms with Gasteiger partial charge in [-0.25, -0.2) is 8.42 Å². The zero-order chi connectivity index (χ0) is 23.1. The van der Waals surface area contributed by atoms with E-state index in [1.165, 1.54) is 24.3 Å². The van der Waals surface area contributed by atoms with E-state index in [2.05, 4.69) is 10.1 Å². The highest BCUT2D eigenvalue weighted by molar-refractivity contribution is 7.91. The van der Waals surface area contributed by atoms with Crippen LogP contribution in [0.25, 0.3) is 11.1 Å². The molecule has 3 aromatic rings. The van der Waals surface area contributed by atoms with Gasteiger partial charge < -0.3 is 14.8 Å². The maximum Gasteiger partial charge on any atom is 0.573 e. The highest BCUT2D eigenvalue weighted by Gasteiger charge is 2.32. The van der Waals surface area contributed by atoms with Crippen LogP contribution in [-0.2, 0) is 9.84 Å². The Morgan fingerprint density at radius 3 is 2.41 bits per heavy atom. The number of carbonyl (C=O) groups excluding carboxylic acids is 1. The van der Waals surface area contributed by atoms with Crippen molar-refractivity contribution in [2.75, 3.05) is 11.1 Å². The molecule has 32 heavy (non-hydrogen) atoms. The van der Waals surface area contributed by atoms with Gasteiger partial charge in [-0.05, 0) is 47.5 Å². The molecule has 4 rings (SSSR count). The molecule has 0 atom stereocenters. The average molecular weight is 463 g/mol. The Morgan fingerprint density at radius 2 is 1.69 bits per heavy atom. The number of nitrogens with one attached hydrogen (secondary N) is 1. The van der Waals surface area contributed by atoms with Crippen molar-refractivity contribution in [3.05, 3.63) is 66.2 Å². The number of sulfone groups is 1. The lowest BCUT2D eigenvalue weighted by Crippen LogP contribution is -2.17. The summed E-state index contributed by atoms with van der Waals surface area (Å²) < 4.78 is 71.5. The highest BCUT2D eigenvalue weighted by atomic mass is 32.2. The lowest BCUT2D eigenvalue weighted by molar-refractivity contribution is -0.274. The van der Waals surface area contributed by atoms with Crippen molar-refractivity contribution in [1.82, 2.24) is 0 Å². The summed E-state index contributed by atoms with van der Waals surface area (Å²) in [5.74, 6) is -0.792. The SMILES string of the molecule is CCS(=O)(=O)c1cccc(-c2ccc3c(c2)C(=O)Nc2cc(OC(F)(F)F)ccc2O3)c1. The number of ether oxygens (including phenoxy) is 2. The molecule has 1 heterocycles. The van der Waals surface area contributed by atoms with Crippen molar-refractivity contribution >= 4 is 21.4 Å². The number of hydrogen-bond acceptors (Lipinski definition) is 5. The maximum absolute atomic E-state index is 12.8. The summed E-state index contributed by atoms with van der Waals surface area (Å²) in [6.07, 6.45) is -4.87. The summed E-state index contributed by atoms with van der Waals surface area (Å²) in [6.45, 7) is 1.55. The van der Waals surface area contributed by atoms with Crippen LogP contribution in [0.1, 0.15) is 17.3 Å². The molecule has 0 aliphatic carbocycles. The van der Waals surface area contributed by atoms with Crippen LogP contribution in [0.3, 0.4) is 0 Å². The normalized spacial score (nSPS) is 13.3. The molecule has 0 unspecified atom stereocenters. The van der Waals surface area contributed by atoms with E-state index in [1.54, 1.807) is 31.2 Å². The van der Waals surface area contributed by atoms with Crippen molar-refractivity contribution in [2.45, 2.75) is 18.2 Å². The van der Waals surface area contributed by atoms with E-state index >= 15 is 0 Å². The molecule has 0 spiro atoms. The predicted octanol–water partition coefficient (Wildman–Crippen LogP) is 5.40. The van der Waals surface area contributed by atoms with Crippen LogP contribution < -0.4 is 14.8 Å². The van der Waals surface area contributed by atoms with Gasteiger partial charge >= 0.3 is 6.36 Å². The third kappa shape index (κ3) is 4.40. The molecule has 0 saturated carbocycles. The Balaban J connectivity index is 1.69. The van der Waals surface area contributed by atoms with E-state index in [1.807, 2.05) is 0 Å². The third-order valence-corrected chi connectivity index (χ3v) is 6.52. The van der Waals surface area contributed by atoms with E-state index < -0.39 is 27.9 Å². The largest absolute Gasteiger partial charge is 0.573 e. The van der Waals surface area contributed by atoms with E-state index in [4.69, 9.17) is 4.74 Å². The summed E-state index contributed by atoms with van der Waals surface area (Å²) in [4.78, 5) is 12.9. The minimum atomic E-state index is -4.87. The number of halogens is 3. The summed E-state index contributed by atoms with van der Waals surface area (Å²) >= 11 is 0. The van der Waals surface area contributed by atoms with Crippen molar-refractivity contribution < 1.29 is 35.9 Å². The molecule has 1 N–H and O–H groups in total. The van der Waals surface area contributed by atoms with Gasteiger partial charge in [-0.3, -0.25) is 4.79 Å². The lowest BCUT2D eigenvalue weighted by atomic mass is 10.0. The molecule has 1 aliphatic rings. The van der Waals surface area contributed by atoms with Gasteiger partial charge in [0.15, 0.2) is 15.6 Å². The number of carbonyl (C=O) groups is 1. The number of benzene rings is 3. The Hall–Kier alpha value is -3.53. The van der Waals surface area contributed by atoms with Crippen LogP contribution in [0.2, 0.25) is 0 Å². The minimum absolute atomic E-state index is 0.0190. The highest BCUT2D eigenvalue weighted by Crippen LogP contribution is 2.40. The molecule has 1 amide bonds. The second kappa shape index (κ2) is 7.86. The minimum Gasteiger partial charge on any atom is -0.454 e. The van der Waals surface area contributed by atoms with Crippen molar-refractivity contribution in [3.8, 4) is 28.4 Å². The molecule has 1 aliphatic heterocycles. The van der Waals surface area contributed by atoms with Crippen LogP contribution >= 0.6 is 0 Å². The predicted molar refractivity (Wildman–Crippen MR) is 111 cm³/mol. The van der Waals surface area contributed by atoms with Crippen LogP contribution in [0.5, 0.6) is 17.2 Å². The molecule has 10 heteroatoms. The van der Waals surface area contributed by atoms with Crippen LogP contribution in [-0.4, -0.2) is 26.4 Å². The lowest BCUT2D eigenvalue weighted by Gasteiger charge is -2.12. The smallest absolute Gasteiger partial charge is 0.454 e. The third-order valence-electron chi connectivity index (χ3n) is 4.78. The fourth-order valence-electron chi connectivity index (χ4n) is 3.21. The van der Waals surface area contributed by atoms with Crippen molar-refractivity contribution in [1.29, 1.82) is 0 Å². The van der Waals surface area contributed by atoms with Gasteiger partial charge in [0.1, 0.15) is 11.5 Å². The summed E-state index contributed by atoms with van der Waals surface area (Å²) in [6, 6.07) is 14.4. The maximum atomic E-state index is 12.8.